The van der Waals surface area contributed by atoms with Gasteiger partial charge in [-0.15, -0.1) is 0 Å². The minimum atomic E-state index is 1.13. The quantitative estimate of drug-likeness (QED) is 0.0766. The molecular formula is C45H76. The zero-order valence-corrected chi connectivity index (χ0v) is 31.0. The van der Waals surface area contributed by atoms with Crippen LogP contribution in [-0.2, 0) is 32.1 Å². The van der Waals surface area contributed by atoms with Crippen LogP contribution in [0.25, 0.3) is 0 Å². The van der Waals surface area contributed by atoms with Crippen LogP contribution in [0.3, 0.4) is 0 Å². The SMILES string of the molecule is CCCCCCCCc1cccc(Cc2cccc(CCCCCCCC)c2CCCCCCCC)c1CCCCCCCC. The van der Waals surface area contributed by atoms with Crippen LogP contribution in [0.1, 0.15) is 215 Å². The molecule has 0 amide bonds. The Kier molecular flexibility index (Phi) is 24.2. The van der Waals surface area contributed by atoms with E-state index in [0.717, 1.165) is 6.42 Å². The molecule has 0 heterocycles. The minimum absolute atomic E-state index is 1.13. The van der Waals surface area contributed by atoms with E-state index < -0.39 is 0 Å². The third-order valence-corrected chi connectivity index (χ3v) is 10.3. The molecule has 2 rings (SSSR count). The highest BCUT2D eigenvalue weighted by molar-refractivity contribution is 5.43. The molecule has 0 unspecified atom stereocenters. The first-order valence-corrected chi connectivity index (χ1v) is 20.4. The van der Waals surface area contributed by atoms with E-state index in [2.05, 4.69) is 64.1 Å². The van der Waals surface area contributed by atoms with Gasteiger partial charge in [-0.1, -0.05) is 193 Å². The first-order chi connectivity index (χ1) is 22.2. The van der Waals surface area contributed by atoms with Crippen LogP contribution >= 0.6 is 0 Å². The number of rotatable bonds is 30. The van der Waals surface area contributed by atoms with Gasteiger partial charge in [-0.2, -0.15) is 0 Å². The summed E-state index contributed by atoms with van der Waals surface area (Å²) in [7, 11) is 0. The Morgan fingerprint density at radius 2 is 0.556 bits per heavy atom. The third kappa shape index (κ3) is 17.8. The lowest BCUT2D eigenvalue weighted by Gasteiger charge is -2.19. The number of aryl methyl sites for hydroxylation is 2. The highest BCUT2D eigenvalue weighted by Crippen LogP contribution is 2.28. The maximum Gasteiger partial charge on any atom is -0.00201 e. The van der Waals surface area contributed by atoms with Crippen molar-refractivity contribution in [2.45, 2.75) is 214 Å². The lowest BCUT2D eigenvalue weighted by atomic mass is 9.86. The fraction of sp³-hybridized carbons (Fsp3) is 0.733. The molecule has 0 aliphatic carbocycles. The van der Waals surface area contributed by atoms with E-state index >= 15 is 0 Å². The summed E-state index contributed by atoms with van der Waals surface area (Å²) in [6.45, 7) is 9.30. The second-order valence-electron chi connectivity index (χ2n) is 14.4. The van der Waals surface area contributed by atoms with E-state index in [-0.39, 0.29) is 0 Å². The molecule has 0 saturated heterocycles. The second-order valence-corrected chi connectivity index (χ2v) is 14.4. The predicted octanol–water partition coefficient (Wildman–Crippen LogP) is 14.9. The molecule has 2 aromatic rings. The van der Waals surface area contributed by atoms with E-state index in [4.69, 9.17) is 0 Å². The van der Waals surface area contributed by atoms with E-state index in [1.54, 1.807) is 33.4 Å². The van der Waals surface area contributed by atoms with Gasteiger partial charge < -0.3 is 0 Å². The van der Waals surface area contributed by atoms with Crippen molar-refractivity contribution in [3.63, 3.8) is 0 Å². The molecule has 2 aromatic carbocycles. The lowest BCUT2D eigenvalue weighted by molar-refractivity contribution is 0.597. The maximum absolute atomic E-state index is 2.49. The Bertz CT molecular complexity index is 875. The number of hydrogen-bond donors (Lipinski definition) is 0. The molecule has 0 fully saturated rings. The Labute approximate surface area is 283 Å². The van der Waals surface area contributed by atoms with Crippen molar-refractivity contribution in [2.24, 2.45) is 0 Å². The van der Waals surface area contributed by atoms with Crippen LogP contribution in [0, 0.1) is 0 Å². The average Bonchev–Trinajstić information content (AvgIpc) is 3.05. The van der Waals surface area contributed by atoms with Crippen LogP contribution < -0.4 is 0 Å². The number of unbranched alkanes of at least 4 members (excludes halogenated alkanes) is 20. The Balaban J connectivity index is 2.22. The summed E-state index contributed by atoms with van der Waals surface area (Å²) in [5, 5.41) is 0. The van der Waals surface area contributed by atoms with Gasteiger partial charge in [0.25, 0.3) is 0 Å². The van der Waals surface area contributed by atoms with Gasteiger partial charge in [0.05, 0.1) is 0 Å². The van der Waals surface area contributed by atoms with Crippen molar-refractivity contribution in [2.75, 3.05) is 0 Å². The van der Waals surface area contributed by atoms with Crippen LogP contribution in [-0.4, -0.2) is 0 Å². The summed E-state index contributed by atoms with van der Waals surface area (Å²) < 4.78 is 0. The summed E-state index contributed by atoms with van der Waals surface area (Å²) in [4.78, 5) is 0. The largest absolute Gasteiger partial charge is 0.0654 e. The Hall–Kier alpha value is -1.56. The van der Waals surface area contributed by atoms with Gasteiger partial charge in [0, 0.05) is 0 Å². The van der Waals surface area contributed by atoms with E-state index in [0.29, 0.717) is 0 Å². The van der Waals surface area contributed by atoms with Gasteiger partial charge in [-0.3, -0.25) is 0 Å². The van der Waals surface area contributed by atoms with Gasteiger partial charge >= 0.3 is 0 Å². The van der Waals surface area contributed by atoms with Crippen LogP contribution in [0.15, 0.2) is 36.4 Å². The molecule has 0 radical (unpaired) electrons. The molecule has 0 bridgehead atoms. The summed E-state index contributed by atoms with van der Waals surface area (Å²) >= 11 is 0. The van der Waals surface area contributed by atoms with Crippen molar-refractivity contribution < 1.29 is 0 Å². The first kappa shape index (κ1) is 39.6. The Morgan fingerprint density at radius 1 is 0.289 bits per heavy atom. The molecule has 0 N–H and O–H groups in total. The smallest absolute Gasteiger partial charge is 0.00201 e. The summed E-state index contributed by atoms with van der Waals surface area (Å²) in [5.41, 5.74) is 10.0. The summed E-state index contributed by atoms with van der Waals surface area (Å²) in [6.07, 6.45) is 39.5. The van der Waals surface area contributed by atoms with Gasteiger partial charge in [-0.25, -0.2) is 0 Å². The zero-order valence-electron chi connectivity index (χ0n) is 31.0. The highest BCUT2D eigenvalue weighted by atomic mass is 14.2. The fourth-order valence-corrected chi connectivity index (χ4v) is 7.38. The fourth-order valence-electron chi connectivity index (χ4n) is 7.38. The molecule has 0 nitrogen and oxygen atoms in total. The van der Waals surface area contributed by atoms with Crippen LogP contribution in [0.2, 0.25) is 0 Å². The van der Waals surface area contributed by atoms with Crippen molar-refractivity contribution in [1.82, 2.24) is 0 Å². The normalized spacial score (nSPS) is 11.5. The summed E-state index contributed by atoms with van der Waals surface area (Å²) in [6, 6.07) is 14.7. The third-order valence-electron chi connectivity index (χ3n) is 10.3. The molecule has 45 heavy (non-hydrogen) atoms. The van der Waals surface area contributed by atoms with E-state index in [9.17, 15) is 0 Å². The van der Waals surface area contributed by atoms with Crippen LogP contribution in [0.4, 0.5) is 0 Å². The maximum atomic E-state index is 2.49. The topological polar surface area (TPSA) is 0 Å². The van der Waals surface area contributed by atoms with Gasteiger partial charge in [0.1, 0.15) is 0 Å². The van der Waals surface area contributed by atoms with Crippen molar-refractivity contribution >= 4 is 0 Å². The monoisotopic (exact) mass is 617 g/mol. The molecule has 0 aromatic heterocycles. The highest BCUT2D eigenvalue weighted by Gasteiger charge is 2.14. The van der Waals surface area contributed by atoms with Crippen LogP contribution in [0.5, 0.6) is 0 Å². The average molecular weight is 617 g/mol. The minimum Gasteiger partial charge on any atom is -0.0654 e. The number of benzene rings is 2. The molecule has 0 aliphatic rings. The standard InChI is InChI=1S/C45H76/c1-5-9-13-17-21-25-31-40-33-29-35-42(44(40)37-27-23-19-15-11-7-3)39-43-36-30-34-41(32-26-22-18-14-10-6-2)45(43)38-28-24-20-16-12-8-4/h29-30,33-36H,5-28,31-32,37-39H2,1-4H3. The Morgan fingerprint density at radius 3 is 0.889 bits per heavy atom. The zero-order chi connectivity index (χ0) is 32.2. The van der Waals surface area contributed by atoms with Gasteiger partial charge in [-0.05, 0) is 91.2 Å². The van der Waals surface area contributed by atoms with E-state index in [1.807, 2.05) is 0 Å². The molecule has 0 spiro atoms. The van der Waals surface area contributed by atoms with Crippen molar-refractivity contribution in [1.29, 1.82) is 0 Å². The molecular weight excluding hydrogens is 540 g/mol. The molecule has 0 saturated carbocycles. The van der Waals surface area contributed by atoms with E-state index in [1.165, 1.54) is 180 Å². The van der Waals surface area contributed by atoms with Gasteiger partial charge in [0.2, 0.25) is 0 Å². The number of hydrogen-bond acceptors (Lipinski definition) is 0. The van der Waals surface area contributed by atoms with Crippen molar-refractivity contribution in [3.05, 3.63) is 69.8 Å². The second kappa shape index (κ2) is 27.5. The van der Waals surface area contributed by atoms with Gasteiger partial charge in [0.15, 0.2) is 0 Å². The molecule has 0 aliphatic heterocycles. The first-order valence-electron chi connectivity index (χ1n) is 20.4. The van der Waals surface area contributed by atoms with Crippen molar-refractivity contribution in [3.8, 4) is 0 Å². The molecule has 256 valence electrons. The summed E-state index contributed by atoms with van der Waals surface area (Å²) in [5.74, 6) is 0. The lowest BCUT2D eigenvalue weighted by Crippen LogP contribution is -2.06. The molecule has 0 atom stereocenters. The predicted molar refractivity (Wildman–Crippen MR) is 204 cm³/mol. The molecule has 0 heteroatoms.